The smallest absolute Gasteiger partial charge is 0.396 e. The predicted octanol–water partition coefficient (Wildman–Crippen LogP) is 3.21. The molecule has 32 heavy (non-hydrogen) atoms. The van der Waals surface area contributed by atoms with E-state index in [1.165, 1.54) is 5.01 Å². The average Bonchev–Trinajstić information content (AvgIpc) is 3.10. The Morgan fingerprint density at radius 3 is 2.50 bits per heavy atom. The Bertz CT molecular complexity index is 1230. The quantitative estimate of drug-likeness (QED) is 0.611. The number of nitrogens with two attached hydrogens (primary N) is 1. The lowest BCUT2D eigenvalue weighted by Gasteiger charge is -2.39. The minimum Gasteiger partial charge on any atom is -0.474 e. The van der Waals surface area contributed by atoms with Crippen LogP contribution in [-0.4, -0.2) is 45.6 Å². The molecule has 168 valence electrons. The van der Waals surface area contributed by atoms with Gasteiger partial charge in [0.15, 0.2) is 0 Å². The van der Waals surface area contributed by atoms with Gasteiger partial charge in [-0.1, -0.05) is 18.2 Å². The van der Waals surface area contributed by atoms with Crippen molar-refractivity contribution in [2.24, 2.45) is 11.7 Å². The first kappa shape index (κ1) is 21.8. The first-order valence-electron chi connectivity index (χ1n) is 10.9. The van der Waals surface area contributed by atoms with Crippen LogP contribution in [0.1, 0.15) is 38.3 Å². The van der Waals surface area contributed by atoms with Gasteiger partial charge in [0.1, 0.15) is 0 Å². The van der Waals surface area contributed by atoms with Gasteiger partial charge in [-0.3, -0.25) is 9.59 Å². The molecule has 1 atom stereocenters. The van der Waals surface area contributed by atoms with E-state index >= 15 is 0 Å². The third-order valence-electron chi connectivity index (χ3n) is 6.31. The Balaban J connectivity index is 1.93. The van der Waals surface area contributed by atoms with Crippen LogP contribution in [0.3, 0.4) is 0 Å². The van der Waals surface area contributed by atoms with Crippen molar-refractivity contribution < 1.29 is 19.5 Å². The molecule has 8 nitrogen and oxygen atoms in total. The lowest BCUT2D eigenvalue weighted by molar-refractivity contribution is -0.150. The number of amides is 2. The number of hydrogen-bond donors (Lipinski definition) is 2. The van der Waals surface area contributed by atoms with E-state index in [0.29, 0.717) is 25.1 Å². The van der Waals surface area contributed by atoms with Crippen molar-refractivity contribution in [3.63, 3.8) is 0 Å². The SMILES string of the molecule is Cc1c(N(C(=O)C(=O)O)N2CCCC(C(N)=O)C2)ccc2c1c1ccccc1n2C(C)C. The van der Waals surface area contributed by atoms with Crippen LogP contribution < -0.4 is 10.7 Å². The van der Waals surface area contributed by atoms with Gasteiger partial charge in [-0.2, -0.15) is 0 Å². The molecule has 1 aromatic heterocycles. The molecule has 0 bridgehead atoms. The van der Waals surface area contributed by atoms with Gasteiger partial charge in [0.2, 0.25) is 5.91 Å². The minimum absolute atomic E-state index is 0.208. The highest BCUT2D eigenvalue weighted by Gasteiger charge is 2.35. The third-order valence-corrected chi connectivity index (χ3v) is 6.31. The van der Waals surface area contributed by atoms with Gasteiger partial charge in [-0.15, -0.1) is 0 Å². The molecule has 1 aliphatic heterocycles. The van der Waals surface area contributed by atoms with Crippen LogP contribution in [0.25, 0.3) is 21.8 Å². The zero-order valence-corrected chi connectivity index (χ0v) is 18.5. The number of primary amides is 1. The number of aromatic nitrogens is 1. The van der Waals surface area contributed by atoms with Crippen LogP contribution in [0, 0.1) is 12.8 Å². The Hall–Kier alpha value is -3.39. The number of piperidine rings is 1. The van der Waals surface area contributed by atoms with Crippen molar-refractivity contribution in [2.45, 2.75) is 39.7 Å². The van der Waals surface area contributed by atoms with Crippen molar-refractivity contribution in [2.75, 3.05) is 18.1 Å². The molecule has 2 heterocycles. The van der Waals surface area contributed by atoms with E-state index in [-0.39, 0.29) is 12.6 Å². The maximum absolute atomic E-state index is 12.8. The second-order valence-electron chi connectivity index (χ2n) is 8.66. The van der Waals surface area contributed by atoms with Crippen LogP contribution in [0.15, 0.2) is 36.4 Å². The number of carboxylic acids is 1. The van der Waals surface area contributed by atoms with Gasteiger partial charge in [-0.05, 0) is 57.4 Å². The lowest BCUT2D eigenvalue weighted by Crippen LogP contribution is -2.55. The van der Waals surface area contributed by atoms with Gasteiger partial charge >= 0.3 is 11.9 Å². The standard InChI is InChI=1S/C24H28N4O4/c1-14(2)27-19-9-5-4-8-17(19)21-15(3)18(10-11-20(21)27)28(23(30)24(31)32)26-12-6-7-16(13-26)22(25)29/h4-5,8-11,14,16H,6-7,12-13H2,1-3H3,(H2,25,29)(H,31,32). The van der Waals surface area contributed by atoms with Gasteiger partial charge in [-0.25, -0.2) is 14.8 Å². The van der Waals surface area contributed by atoms with E-state index in [0.717, 1.165) is 27.4 Å². The molecule has 3 aromatic rings. The van der Waals surface area contributed by atoms with Gasteiger partial charge in [0, 0.05) is 40.9 Å². The normalized spacial score (nSPS) is 17.2. The summed E-state index contributed by atoms with van der Waals surface area (Å²) in [5.41, 5.74) is 8.94. The molecule has 0 radical (unpaired) electrons. The summed E-state index contributed by atoms with van der Waals surface area (Å²) < 4.78 is 2.24. The molecular formula is C24H28N4O4. The maximum Gasteiger partial charge on any atom is 0.396 e. The summed E-state index contributed by atoms with van der Waals surface area (Å²) in [6.45, 7) is 6.82. The fourth-order valence-corrected chi connectivity index (χ4v) is 4.89. The number of aryl methyl sites for hydroxylation is 1. The number of nitrogens with zero attached hydrogens (tertiary/aromatic N) is 3. The third kappa shape index (κ3) is 3.50. The van der Waals surface area contributed by atoms with Crippen molar-refractivity contribution in [3.05, 3.63) is 42.0 Å². The predicted molar refractivity (Wildman–Crippen MR) is 123 cm³/mol. The summed E-state index contributed by atoms with van der Waals surface area (Å²) >= 11 is 0. The Morgan fingerprint density at radius 1 is 1.12 bits per heavy atom. The van der Waals surface area contributed by atoms with E-state index in [4.69, 9.17) is 5.73 Å². The minimum atomic E-state index is -1.55. The monoisotopic (exact) mass is 436 g/mol. The van der Waals surface area contributed by atoms with E-state index in [1.54, 1.807) is 11.1 Å². The number of fused-ring (bicyclic) bond motifs is 3. The topological polar surface area (TPSA) is 109 Å². The van der Waals surface area contributed by atoms with Gasteiger partial charge in [0.05, 0.1) is 11.6 Å². The summed E-state index contributed by atoms with van der Waals surface area (Å²) in [7, 11) is 0. The summed E-state index contributed by atoms with van der Waals surface area (Å²) in [5, 5.41) is 14.5. The second kappa shape index (κ2) is 8.27. The second-order valence-corrected chi connectivity index (χ2v) is 8.66. The zero-order chi connectivity index (χ0) is 23.2. The molecule has 2 aromatic carbocycles. The first-order valence-corrected chi connectivity index (χ1v) is 10.9. The lowest BCUT2D eigenvalue weighted by atomic mass is 9.98. The Labute approximate surface area is 186 Å². The van der Waals surface area contributed by atoms with Gasteiger partial charge in [0.25, 0.3) is 0 Å². The van der Waals surface area contributed by atoms with E-state index in [9.17, 15) is 19.5 Å². The van der Waals surface area contributed by atoms with E-state index < -0.39 is 23.7 Å². The molecular weight excluding hydrogens is 408 g/mol. The molecule has 8 heteroatoms. The highest BCUT2D eigenvalue weighted by Crippen LogP contribution is 2.38. The number of para-hydroxylation sites is 1. The van der Waals surface area contributed by atoms with Crippen LogP contribution >= 0.6 is 0 Å². The molecule has 1 aliphatic rings. The van der Waals surface area contributed by atoms with Gasteiger partial charge < -0.3 is 15.4 Å². The molecule has 3 N–H and O–H groups in total. The fraction of sp³-hybridized carbons (Fsp3) is 0.375. The van der Waals surface area contributed by atoms with Crippen molar-refractivity contribution in [1.82, 2.24) is 9.58 Å². The number of carboxylic acid groups (broad SMARTS) is 1. The number of benzene rings is 2. The summed E-state index contributed by atoms with van der Waals surface area (Å²) in [4.78, 5) is 36.4. The Kier molecular flexibility index (Phi) is 5.64. The summed E-state index contributed by atoms with van der Waals surface area (Å²) in [5.74, 6) is -3.47. The largest absolute Gasteiger partial charge is 0.474 e. The highest BCUT2D eigenvalue weighted by atomic mass is 16.4. The van der Waals surface area contributed by atoms with Crippen molar-refractivity contribution in [3.8, 4) is 0 Å². The number of aliphatic carboxylic acids is 1. The zero-order valence-electron chi connectivity index (χ0n) is 18.5. The molecule has 0 spiro atoms. The molecule has 0 saturated carbocycles. The van der Waals surface area contributed by atoms with Crippen LogP contribution in [-0.2, 0) is 14.4 Å². The number of carbonyl (C=O) groups is 3. The highest BCUT2D eigenvalue weighted by molar-refractivity contribution is 6.37. The molecule has 1 unspecified atom stereocenters. The van der Waals surface area contributed by atoms with Crippen LogP contribution in [0.5, 0.6) is 0 Å². The number of hydrazine groups is 1. The molecule has 0 aliphatic carbocycles. The fourth-order valence-electron chi connectivity index (χ4n) is 4.89. The van der Waals surface area contributed by atoms with Crippen molar-refractivity contribution >= 4 is 45.3 Å². The first-order chi connectivity index (χ1) is 15.2. The molecule has 1 saturated heterocycles. The number of anilines is 1. The van der Waals surface area contributed by atoms with E-state index in [2.05, 4.69) is 24.5 Å². The number of hydrogen-bond acceptors (Lipinski definition) is 4. The Morgan fingerprint density at radius 2 is 1.84 bits per heavy atom. The molecule has 4 rings (SSSR count). The molecule has 1 fully saturated rings. The summed E-state index contributed by atoms with van der Waals surface area (Å²) in [6, 6.07) is 12.0. The van der Waals surface area contributed by atoms with Crippen molar-refractivity contribution in [1.29, 1.82) is 0 Å². The van der Waals surface area contributed by atoms with Crippen LogP contribution in [0.2, 0.25) is 0 Å². The van der Waals surface area contributed by atoms with E-state index in [1.807, 2.05) is 31.2 Å². The maximum atomic E-state index is 12.8. The molecule has 2 amide bonds. The summed E-state index contributed by atoms with van der Waals surface area (Å²) in [6.07, 6.45) is 1.27. The average molecular weight is 437 g/mol. The van der Waals surface area contributed by atoms with Crippen LogP contribution in [0.4, 0.5) is 5.69 Å². The number of rotatable bonds is 4. The number of carbonyl (C=O) groups excluding carboxylic acids is 2.